The Balaban J connectivity index is 2.46. The maximum atomic E-state index is 13.4. The van der Waals surface area contributed by atoms with Crippen LogP contribution in [0, 0.1) is 11.6 Å². The minimum Gasteiger partial charge on any atom is -0.476 e. The van der Waals surface area contributed by atoms with Gasteiger partial charge in [0.1, 0.15) is 0 Å². The van der Waals surface area contributed by atoms with E-state index in [0.29, 0.717) is 13.2 Å². The molecule has 0 unspecified atom stereocenters. The van der Waals surface area contributed by atoms with Gasteiger partial charge in [-0.3, -0.25) is 0 Å². The van der Waals surface area contributed by atoms with Gasteiger partial charge < -0.3 is 10.1 Å². The van der Waals surface area contributed by atoms with Crippen molar-refractivity contribution in [3.8, 4) is 5.88 Å². The summed E-state index contributed by atoms with van der Waals surface area (Å²) in [4.78, 5) is 3.81. The van der Waals surface area contributed by atoms with Crippen molar-refractivity contribution in [3.05, 3.63) is 17.7 Å². The van der Waals surface area contributed by atoms with Gasteiger partial charge in [-0.25, -0.2) is 8.78 Å². The average Bonchev–Trinajstić information content (AvgIpc) is 2.38. The standard InChI is InChI=1S/C14H22F2N2O/c1-3-5-6-7-8-9-19-14-12(16)10-11(15)13(18-14)17-4-2/h10H,3-9H2,1-2H3,(H,17,18). The lowest BCUT2D eigenvalue weighted by Crippen LogP contribution is -2.07. The number of aromatic nitrogens is 1. The summed E-state index contributed by atoms with van der Waals surface area (Å²) in [5.41, 5.74) is 0. The molecule has 3 nitrogen and oxygen atoms in total. The Morgan fingerprint density at radius 2 is 1.84 bits per heavy atom. The molecule has 1 N–H and O–H groups in total. The fraction of sp³-hybridized carbons (Fsp3) is 0.643. The number of unbranched alkanes of at least 4 members (excludes halogenated alkanes) is 4. The molecular formula is C14H22F2N2O. The highest BCUT2D eigenvalue weighted by Gasteiger charge is 2.12. The summed E-state index contributed by atoms with van der Waals surface area (Å²) in [5, 5.41) is 2.73. The van der Waals surface area contributed by atoms with Crippen LogP contribution in [0.15, 0.2) is 6.07 Å². The molecule has 0 aliphatic heterocycles. The summed E-state index contributed by atoms with van der Waals surface area (Å²) in [5.74, 6) is -1.56. The van der Waals surface area contributed by atoms with Crippen LogP contribution in [-0.2, 0) is 0 Å². The van der Waals surface area contributed by atoms with Crippen molar-refractivity contribution in [1.82, 2.24) is 4.98 Å². The van der Waals surface area contributed by atoms with Crippen molar-refractivity contribution < 1.29 is 13.5 Å². The van der Waals surface area contributed by atoms with Crippen LogP contribution in [-0.4, -0.2) is 18.1 Å². The van der Waals surface area contributed by atoms with Gasteiger partial charge in [0.15, 0.2) is 17.5 Å². The number of nitrogens with zero attached hydrogens (tertiary/aromatic N) is 1. The summed E-state index contributed by atoms with van der Waals surface area (Å²) >= 11 is 0. The molecule has 1 aromatic rings. The van der Waals surface area contributed by atoms with E-state index in [9.17, 15) is 8.78 Å². The summed E-state index contributed by atoms with van der Waals surface area (Å²) in [6, 6.07) is 0.803. The normalized spacial score (nSPS) is 10.5. The highest BCUT2D eigenvalue weighted by molar-refractivity contribution is 5.39. The van der Waals surface area contributed by atoms with Crippen LogP contribution in [0.3, 0.4) is 0 Å². The van der Waals surface area contributed by atoms with Gasteiger partial charge in [-0.2, -0.15) is 4.98 Å². The molecule has 0 bridgehead atoms. The Bertz CT molecular complexity index is 386. The molecule has 0 saturated heterocycles. The van der Waals surface area contributed by atoms with Gasteiger partial charge >= 0.3 is 0 Å². The maximum absolute atomic E-state index is 13.4. The number of rotatable bonds is 9. The molecule has 0 saturated carbocycles. The monoisotopic (exact) mass is 272 g/mol. The number of nitrogens with one attached hydrogen (secondary N) is 1. The van der Waals surface area contributed by atoms with Crippen molar-refractivity contribution in [2.24, 2.45) is 0 Å². The predicted octanol–water partition coefficient (Wildman–Crippen LogP) is 4.14. The minimum atomic E-state index is -0.757. The second-order valence-electron chi connectivity index (χ2n) is 4.40. The zero-order chi connectivity index (χ0) is 14.1. The third-order valence-corrected chi connectivity index (χ3v) is 2.73. The Morgan fingerprint density at radius 3 is 2.53 bits per heavy atom. The molecule has 0 amide bonds. The molecular weight excluding hydrogens is 250 g/mol. The zero-order valence-electron chi connectivity index (χ0n) is 11.6. The molecule has 19 heavy (non-hydrogen) atoms. The van der Waals surface area contributed by atoms with Gasteiger partial charge in [-0.05, 0) is 13.3 Å². The average molecular weight is 272 g/mol. The van der Waals surface area contributed by atoms with Gasteiger partial charge in [-0.1, -0.05) is 32.6 Å². The van der Waals surface area contributed by atoms with Crippen molar-refractivity contribution in [1.29, 1.82) is 0 Å². The van der Waals surface area contributed by atoms with Gasteiger partial charge in [0.05, 0.1) is 6.61 Å². The van der Waals surface area contributed by atoms with E-state index in [4.69, 9.17) is 4.74 Å². The quantitative estimate of drug-likeness (QED) is 0.686. The number of hydrogen-bond donors (Lipinski definition) is 1. The first kappa shape index (κ1) is 15.7. The fourth-order valence-electron chi connectivity index (χ4n) is 1.72. The predicted molar refractivity (Wildman–Crippen MR) is 72.6 cm³/mol. The van der Waals surface area contributed by atoms with E-state index in [1.807, 2.05) is 6.92 Å². The van der Waals surface area contributed by atoms with Crippen molar-refractivity contribution in [2.45, 2.75) is 46.0 Å². The van der Waals surface area contributed by atoms with E-state index in [2.05, 4.69) is 17.2 Å². The van der Waals surface area contributed by atoms with Crippen molar-refractivity contribution in [2.75, 3.05) is 18.5 Å². The van der Waals surface area contributed by atoms with Crippen LogP contribution in [0.1, 0.15) is 46.0 Å². The molecule has 1 rings (SSSR count). The van der Waals surface area contributed by atoms with Gasteiger partial charge in [-0.15, -0.1) is 0 Å². The van der Waals surface area contributed by atoms with Crippen molar-refractivity contribution >= 4 is 5.82 Å². The van der Waals surface area contributed by atoms with Crippen LogP contribution in [0.25, 0.3) is 0 Å². The highest BCUT2D eigenvalue weighted by Crippen LogP contribution is 2.21. The first-order valence-electron chi connectivity index (χ1n) is 6.91. The van der Waals surface area contributed by atoms with Crippen molar-refractivity contribution in [3.63, 3.8) is 0 Å². The van der Waals surface area contributed by atoms with E-state index in [1.165, 1.54) is 12.8 Å². The van der Waals surface area contributed by atoms with Crippen LogP contribution >= 0.6 is 0 Å². The lowest BCUT2D eigenvalue weighted by Gasteiger charge is -2.09. The molecule has 1 aromatic heterocycles. The molecule has 0 aromatic carbocycles. The molecule has 0 aliphatic carbocycles. The van der Waals surface area contributed by atoms with Gasteiger partial charge in [0.2, 0.25) is 0 Å². The van der Waals surface area contributed by atoms with E-state index < -0.39 is 11.6 Å². The van der Waals surface area contributed by atoms with E-state index in [0.717, 1.165) is 25.3 Å². The molecule has 108 valence electrons. The van der Waals surface area contributed by atoms with E-state index >= 15 is 0 Å². The number of halogens is 2. The first-order chi connectivity index (χ1) is 9.19. The molecule has 1 heterocycles. The fourth-order valence-corrected chi connectivity index (χ4v) is 1.72. The number of ether oxygens (including phenoxy) is 1. The number of hydrogen-bond acceptors (Lipinski definition) is 3. The second kappa shape index (κ2) is 8.67. The number of pyridine rings is 1. The molecule has 0 atom stereocenters. The van der Waals surface area contributed by atoms with Gasteiger partial charge in [0, 0.05) is 12.6 Å². The second-order valence-corrected chi connectivity index (χ2v) is 4.40. The van der Waals surface area contributed by atoms with E-state index in [1.54, 1.807) is 0 Å². The lowest BCUT2D eigenvalue weighted by molar-refractivity contribution is 0.277. The molecule has 0 aliphatic rings. The van der Waals surface area contributed by atoms with Gasteiger partial charge in [0.25, 0.3) is 5.88 Å². The molecule has 0 fully saturated rings. The third-order valence-electron chi connectivity index (χ3n) is 2.73. The van der Waals surface area contributed by atoms with Crippen LogP contribution in [0.4, 0.5) is 14.6 Å². The molecule has 0 spiro atoms. The third kappa shape index (κ3) is 5.41. The Morgan fingerprint density at radius 1 is 1.11 bits per heavy atom. The Kier molecular flexibility index (Phi) is 7.15. The first-order valence-corrected chi connectivity index (χ1v) is 6.91. The summed E-state index contributed by atoms with van der Waals surface area (Å²) < 4.78 is 32.0. The largest absolute Gasteiger partial charge is 0.476 e. The molecule has 5 heteroatoms. The summed E-state index contributed by atoms with van der Waals surface area (Å²) in [6.45, 7) is 4.89. The van der Waals surface area contributed by atoms with Crippen LogP contribution in [0.5, 0.6) is 5.88 Å². The highest BCUT2D eigenvalue weighted by atomic mass is 19.1. The summed E-state index contributed by atoms with van der Waals surface area (Å²) in [7, 11) is 0. The Hall–Kier alpha value is -1.39. The number of anilines is 1. The summed E-state index contributed by atoms with van der Waals surface area (Å²) in [6.07, 6.45) is 5.45. The zero-order valence-corrected chi connectivity index (χ0v) is 11.6. The molecule has 0 radical (unpaired) electrons. The Labute approximate surface area is 113 Å². The SMILES string of the molecule is CCCCCCCOc1nc(NCC)c(F)cc1F. The minimum absolute atomic E-state index is 0.0323. The smallest absolute Gasteiger partial charge is 0.252 e. The topological polar surface area (TPSA) is 34.1 Å². The van der Waals surface area contributed by atoms with Crippen LogP contribution in [0.2, 0.25) is 0 Å². The van der Waals surface area contributed by atoms with Crippen LogP contribution < -0.4 is 10.1 Å². The lowest BCUT2D eigenvalue weighted by atomic mass is 10.2. The maximum Gasteiger partial charge on any atom is 0.252 e. The van der Waals surface area contributed by atoms with E-state index in [-0.39, 0.29) is 11.7 Å².